The van der Waals surface area contributed by atoms with Crippen LogP contribution in [0.25, 0.3) is 0 Å². The highest BCUT2D eigenvalue weighted by Crippen LogP contribution is 2.14. The smallest absolute Gasteiger partial charge is 0.279 e. The molecule has 120 valence electrons. The molecule has 6 nitrogen and oxygen atoms in total. The van der Waals surface area contributed by atoms with Crippen LogP contribution in [0.3, 0.4) is 0 Å². The molecule has 0 spiro atoms. The van der Waals surface area contributed by atoms with Gasteiger partial charge < -0.3 is 10.1 Å². The standard InChI is InChI=1S/C14H25N3O3S/c1-12(9-15-2)10-16-21(18,19)17(3)11-13-6-5-7-14(8-13)20-4/h5-8,12,15-16H,9-11H2,1-4H3. The lowest BCUT2D eigenvalue weighted by molar-refractivity contribution is 0.411. The van der Waals surface area contributed by atoms with Gasteiger partial charge in [0.25, 0.3) is 10.2 Å². The zero-order valence-electron chi connectivity index (χ0n) is 13.1. The van der Waals surface area contributed by atoms with Crippen LogP contribution < -0.4 is 14.8 Å². The molecule has 1 unspecified atom stereocenters. The summed E-state index contributed by atoms with van der Waals surface area (Å²) in [5, 5.41) is 3.02. The first kappa shape index (κ1) is 17.9. The van der Waals surface area contributed by atoms with E-state index in [1.165, 1.54) is 4.31 Å². The Balaban J connectivity index is 2.61. The van der Waals surface area contributed by atoms with Crippen LogP contribution in [-0.2, 0) is 16.8 Å². The fourth-order valence-electron chi connectivity index (χ4n) is 1.89. The van der Waals surface area contributed by atoms with E-state index in [1.807, 2.05) is 38.2 Å². The highest BCUT2D eigenvalue weighted by molar-refractivity contribution is 7.87. The van der Waals surface area contributed by atoms with E-state index in [2.05, 4.69) is 10.0 Å². The van der Waals surface area contributed by atoms with E-state index in [0.717, 1.165) is 12.1 Å². The first-order valence-electron chi connectivity index (χ1n) is 6.87. The molecule has 0 aliphatic rings. The van der Waals surface area contributed by atoms with Crippen LogP contribution in [0.1, 0.15) is 12.5 Å². The van der Waals surface area contributed by atoms with Crippen molar-refractivity contribution < 1.29 is 13.2 Å². The van der Waals surface area contributed by atoms with E-state index in [-0.39, 0.29) is 5.92 Å². The largest absolute Gasteiger partial charge is 0.497 e. The fourth-order valence-corrected chi connectivity index (χ4v) is 2.93. The Labute approximate surface area is 127 Å². The summed E-state index contributed by atoms with van der Waals surface area (Å²) in [5.41, 5.74) is 0.880. The third kappa shape index (κ3) is 6.01. The Bertz CT molecular complexity index is 534. The van der Waals surface area contributed by atoms with Crippen LogP contribution in [0.15, 0.2) is 24.3 Å². The number of ether oxygens (including phenoxy) is 1. The predicted molar refractivity (Wildman–Crippen MR) is 84.5 cm³/mol. The lowest BCUT2D eigenvalue weighted by atomic mass is 10.2. The SMILES string of the molecule is CNCC(C)CNS(=O)(=O)N(C)Cc1cccc(OC)c1. The zero-order valence-corrected chi connectivity index (χ0v) is 13.9. The molecule has 0 aliphatic heterocycles. The molecule has 1 atom stereocenters. The van der Waals surface area contributed by atoms with E-state index < -0.39 is 10.2 Å². The van der Waals surface area contributed by atoms with E-state index >= 15 is 0 Å². The summed E-state index contributed by atoms with van der Waals surface area (Å²) >= 11 is 0. The topological polar surface area (TPSA) is 70.7 Å². The average Bonchev–Trinajstić information content (AvgIpc) is 2.45. The van der Waals surface area contributed by atoms with E-state index in [1.54, 1.807) is 14.2 Å². The van der Waals surface area contributed by atoms with Crippen molar-refractivity contribution in [3.05, 3.63) is 29.8 Å². The van der Waals surface area contributed by atoms with Crippen LogP contribution in [0.2, 0.25) is 0 Å². The summed E-state index contributed by atoms with van der Waals surface area (Å²) in [6.07, 6.45) is 0. The Morgan fingerprint density at radius 2 is 2.05 bits per heavy atom. The molecule has 2 N–H and O–H groups in total. The molecule has 0 saturated heterocycles. The zero-order chi connectivity index (χ0) is 15.9. The molecule has 0 fully saturated rings. The van der Waals surface area contributed by atoms with Crippen molar-refractivity contribution in [3.63, 3.8) is 0 Å². The highest BCUT2D eigenvalue weighted by Gasteiger charge is 2.18. The van der Waals surface area contributed by atoms with Crippen LogP contribution in [0.5, 0.6) is 5.75 Å². The number of nitrogens with zero attached hydrogens (tertiary/aromatic N) is 1. The molecule has 0 heterocycles. The molecular formula is C14H25N3O3S. The molecule has 0 radical (unpaired) electrons. The number of hydrogen-bond donors (Lipinski definition) is 2. The molecule has 1 rings (SSSR count). The summed E-state index contributed by atoms with van der Waals surface area (Å²) < 4.78 is 33.4. The Morgan fingerprint density at radius 1 is 1.33 bits per heavy atom. The fraction of sp³-hybridized carbons (Fsp3) is 0.571. The second kappa shape index (κ2) is 8.33. The van der Waals surface area contributed by atoms with Crippen LogP contribution in [0.4, 0.5) is 0 Å². The highest BCUT2D eigenvalue weighted by atomic mass is 32.2. The van der Waals surface area contributed by atoms with Gasteiger partial charge in [0.15, 0.2) is 0 Å². The van der Waals surface area contributed by atoms with Gasteiger partial charge in [0, 0.05) is 20.1 Å². The maximum atomic E-state index is 12.2. The van der Waals surface area contributed by atoms with Gasteiger partial charge in [0.05, 0.1) is 7.11 Å². The minimum atomic E-state index is -3.48. The van der Waals surface area contributed by atoms with Crippen molar-refractivity contribution in [2.75, 3.05) is 34.3 Å². The number of nitrogens with one attached hydrogen (secondary N) is 2. The van der Waals surface area contributed by atoms with Gasteiger partial charge in [0.1, 0.15) is 5.75 Å². The van der Waals surface area contributed by atoms with Gasteiger partial charge in [-0.2, -0.15) is 12.7 Å². The Hall–Kier alpha value is -1.15. The van der Waals surface area contributed by atoms with Gasteiger partial charge in [0.2, 0.25) is 0 Å². The van der Waals surface area contributed by atoms with Crippen molar-refractivity contribution >= 4 is 10.2 Å². The maximum absolute atomic E-state index is 12.2. The average molecular weight is 315 g/mol. The second-order valence-electron chi connectivity index (χ2n) is 5.12. The van der Waals surface area contributed by atoms with Crippen molar-refractivity contribution in [2.24, 2.45) is 5.92 Å². The quantitative estimate of drug-likeness (QED) is 0.708. The summed E-state index contributed by atoms with van der Waals surface area (Å²) in [6, 6.07) is 7.38. The number of hydrogen-bond acceptors (Lipinski definition) is 4. The van der Waals surface area contributed by atoms with Crippen molar-refractivity contribution in [1.29, 1.82) is 0 Å². The van der Waals surface area contributed by atoms with Gasteiger partial charge in [-0.05, 0) is 37.2 Å². The number of methoxy groups -OCH3 is 1. The van der Waals surface area contributed by atoms with E-state index in [4.69, 9.17) is 4.74 Å². The molecule has 0 aromatic heterocycles. The lowest BCUT2D eigenvalue weighted by Crippen LogP contribution is -2.40. The first-order chi connectivity index (χ1) is 9.89. The molecule has 1 aromatic rings. The van der Waals surface area contributed by atoms with E-state index in [0.29, 0.717) is 18.8 Å². The summed E-state index contributed by atoms with van der Waals surface area (Å²) in [4.78, 5) is 0. The van der Waals surface area contributed by atoms with Gasteiger partial charge in [-0.1, -0.05) is 19.1 Å². The summed E-state index contributed by atoms with van der Waals surface area (Å²) in [7, 11) is 1.52. The Kier molecular flexibility index (Phi) is 7.10. The second-order valence-corrected chi connectivity index (χ2v) is 6.99. The molecule has 21 heavy (non-hydrogen) atoms. The molecule has 0 saturated carbocycles. The van der Waals surface area contributed by atoms with E-state index in [9.17, 15) is 8.42 Å². The predicted octanol–water partition coefficient (Wildman–Crippen LogP) is 0.817. The van der Waals surface area contributed by atoms with Crippen LogP contribution in [-0.4, -0.2) is 47.0 Å². The van der Waals surface area contributed by atoms with Gasteiger partial charge >= 0.3 is 0 Å². The molecule has 1 aromatic carbocycles. The first-order valence-corrected chi connectivity index (χ1v) is 8.31. The third-order valence-electron chi connectivity index (χ3n) is 3.12. The van der Waals surface area contributed by atoms with Gasteiger partial charge in [-0.25, -0.2) is 4.72 Å². The minimum Gasteiger partial charge on any atom is -0.497 e. The molecule has 0 aliphatic carbocycles. The van der Waals surface area contributed by atoms with Gasteiger partial charge in [-0.3, -0.25) is 0 Å². The number of benzene rings is 1. The van der Waals surface area contributed by atoms with Gasteiger partial charge in [-0.15, -0.1) is 0 Å². The maximum Gasteiger partial charge on any atom is 0.279 e. The number of rotatable bonds is 9. The lowest BCUT2D eigenvalue weighted by Gasteiger charge is -2.19. The summed E-state index contributed by atoms with van der Waals surface area (Å²) in [5.74, 6) is 0.948. The summed E-state index contributed by atoms with van der Waals surface area (Å²) in [6.45, 7) is 3.46. The molecule has 0 bridgehead atoms. The van der Waals surface area contributed by atoms with Crippen LogP contribution in [0, 0.1) is 5.92 Å². The van der Waals surface area contributed by atoms with Crippen LogP contribution >= 0.6 is 0 Å². The normalized spacial score (nSPS) is 13.4. The monoisotopic (exact) mass is 315 g/mol. The Morgan fingerprint density at radius 3 is 2.67 bits per heavy atom. The van der Waals surface area contributed by atoms with Crippen molar-refractivity contribution in [1.82, 2.24) is 14.3 Å². The van der Waals surface area contributed by atoms with Crippen molar-refractivity contribution in [2.45, 2.75) is 13.5 Å². The van der Waals surface area contributed by atoms with Crippen molar-refractivity contribution in [3.8, 4) is 5.75 Å². The third-order valence-corrected chi connectivity index (χ3v) is 4.60. The minimum absolute atomic E-state index is 0.231. The molecule has 0 amide bonds. The molecular weight excluding hydrogens is 290 g/mol. The molecule has 7 heteroatoms.